The maximum atomic E-state index is 12.8. The van der Waals surface area contributed by atoms with Crippen LogP contribution in [0, 0.1) is 5.41 Å². The highest BCUT2D eigenvalue weighted by Crippen LogP contribution is 2.31. The quantitative estimate of drug-likeness (QED) is 0.444. The first-order chi connectivity index (χ1) is 17.1. The van der Waals surface area contributed by atoms with Crippen molar-refractivity contribution in [2.45, 2.75) is 26.3 Å². The Morgan fingerprint density at radius 3 is 2.69 bits per heavy atom. The molecule has 3 heterocycles. The summed E-state index contributed by atoms with van der Waals surface area (Å²) in [5.74, 6) is 1.01. The zero-order chi connectivity index (χ0) is 24.4. The van der Waals surface area contributed by atoms with E-state index in [9.17, 15) is 4.79 Å². The number of methoxy groups -OCH3 is 1. The fourth-order valence-electron chi connectivity index (χ4n) is 4.07. The van der Waals surface area contributed by atoms with Crippen molar-refractivity contribution < 1.29 is 14.3 Å². The fraction of sp³-hybridized carbons (Fsp3) is 0.231. The normalized spacial score (nSPS) is 16.5. The molecule has 0 unspecified atom stereocenters. The largest absolute Gasteiger partial charge is 0.493 e. The molecule has 3 aromatic rings. The van der Waals surface area contributed by atoms with Gasteiger partial charge in [0, 0.05) is 22.7 Å². The van der Waals surface area contributed by atoms with Crippen LogP contribution in [0.25, 0.3) is 17.0 Å². The maximum Gasteiger partial charge on any atom is 0.283 e. The molecule has 1 aromatic heterocycles. The Balaban J connectivity index is 1.42. The van der Waals surface area contributed by atoms with Crippen molar-refractivity contribution in [3.8, 4) is 11.5 Å². The molecule has 9 heteroatoms. The van der Waals surface area contributed by atoms with E-state index in [1.807, 2.05) is 54.7 Å². The summed E-state index contributed by atoms with van der Waals surface area (Å²) < 4.78 is 13.4. The van der Waals surface area contributed by atoms with Gasteiger partial charge in [0.05, 0.1) is 19.2 Å². The van der Waals surface area contributed by atoms with E-state index in [2.05, 4.69) is 21.6 Å². The molecule has 0 aliphatic carbocycles. The van der Waals surface area contributed by atoms with Gasteiger partial charge in [-0.05, 0) is 48.9 Å². The van der Waals surface area contributed by atoms with E-state index < -0.39 is 5.91 Å². The molecule has 5 rings (SSSR count). The van der Waals surface area contributed by atoms with Crippen molar-refractivity contribution in [1.29, 1.82) is 5.41 Å². The molecule has 0 radical (unpaired) electrons. The number of hydrazone groups is 1. The second kappa shape index (κ2) is 9.79. The van der Waals surface area contributed by atoms with Crippen molar-refractivity contribution in [3.63, 3.8) is 0 Å². The average molecular weight is 488 g/mol. The first-order valence-corrected chi connectivity index (χ1v) is 12.2. The zero-order valence-electron chi connectivity index (χ0n) is 19.5. The van der Waals surface area contributed by atoms with Crippen LogP contribution in [0.1, 0.15) is 25.3 Å². The van der Waals surface area contributed by atoms with E-state index in [0.717, 1.165) is 34.4 Å². The van der Waals surface area contributed by atoms with Crippen LogP contribution in [0.3, 0.4) is 0 Å². The number of aliphatic imine (C=N–C) groups is 1. The molecule has 178 valence electrons. The second-order valence-corrected chi connectivity index (χ2v) is 9.10. The van der Waals surface area contributed by atoms with Gasteiger partial charge in [0.25, 0.3) is 5.91 Å². The van der Waals surface area contributed by atoms with Gasteiger partial charge in [-0.25, -0.2) is 0 Å². The van der Waals surface area contributed by atoms with Gasteiger partial charge in [-0.1, -0.05) is 37.3 Å². The average Bonchev–Trinajstić information content (AvgIpc) is 3.43. The lowest BCUT2D eigenvalue weighted by atomic mass is 10.1. The van der Waals surface area contributed by atoms with E-state index in [1.54, 1.807) is 13.2 Å². The van der Waals surface area contributed by atoms with Crippen LogP contribution in [0.4, 0.5) is 0 Å². The lowest BCUT2D eigenvalue weighted by Crippen LogP contribution is -2.35. The van der Waals surface area contributed by atoms with E-state index in [1.165, 1.54) is 16.8 Å². The minimum absolute atomic E-state index is 0.0509. The first-order valence-electron chi connectivity index (χ1n) is 11.4. The minimum atomic E-state index is -0.418. The molecule has 0 saturated carbocycles. The zero-order valence-corrected chi connectivity index (χ0v) is 20.3. The molecule has 2 aliphatic rings. The predicted octanol–water partition coefficient (Wildman–Crippen LogP) is 5.15. The molecule has 0 bridgehead atoms. The highest BCUT2D eigenvalue weighted by molar-refractivity contribution is 8.26. The molecule has 0 fully saturated rings. The number of carbonyl (C=O) groups is 1. The molecule has 0 spiro atoms. The summed E-state index contributed by atoms with van der Waals surface area (Å²) in [5.41, 5.74) is 2.08. The van der Waals surface area contributed by atoms with Crippen LogP contribution in [0.5, 0.6) is 11.5 Å². The van der Waals surface area contributed by atoms with Crippen molar-refractivity contribution in [2.24, 2.45) is 10.1 Å². The van der Waals surface area contributed by atoms with Gasteiger partial charge in [-0.2, -0.15) is 15.1 Å². The van der Waals surface area contributed by atoms with Gasteiger partial charge in [0.15, 0.2) is 17.3 Å². The standard InChI is InChI=1S/C26H25N5O3S/c1-3-8-23-29-31-24(27)19(25(32)28-26(31)35-23)15-17-16-30(20-10-5-4-9-18(17)20)13-14-34-22-12-7-6-11-21(22)33-2/h4-7,9-12,15-16,27H,3,8,13-14H2,1-2H3/b19-15+,27-24?. The van der Waals surface area contributed by atoms with Crippen LogP contribution >= 0.6 is 11.8 Å². The Morgan fingerprint density at radius 2 is 1.89 bits per heavy atom. The lowest BCUT2D eigenvalue weighted by Gasteiger charge is -2.20. The summed E-state index contributed by atoms with van der Waals surface area (Å²) in [6, 6.07) is 15.5. The number of fused-ring (bicyclic) bond motifs is 2. The number of ether oxygens (including phenoxy) is 2. The molecule has 2 aliphatic heterocycles. The lowest BCUT2D eigenvalue weighted by molar-refractivity contribution is -0.114. The van der Waals surface area contributed by atoms with Crippen molar-refractivity contribution in [2.75, 3.05) is 13.7 Å². The number of carbonyl (C=O) groups excluding carboxylic acids is 1. The van der Waals surface area contributed by atoms with Gasteiger partial charge >= 0.3 is 0 Å². The summed E-state index contributed by atoms with van der Waals surface area (Å²) in [6.07, 6.45) is 5.46. The topological polar surface area (TPSA) is 92.3 Å². The summed E-state index contributed by atoms with van der Waals surface area (Å²) in [7, 11) is 1.62. The third-order valence-corrected chi connectivity index (χ3v) is 6.71. The van der Waals surface area contributed by atoms with E-state index in [0.29, 0.717) is 29.8 Å². The number of amidine groups is 2. The number of rotatable bonds is 8. The number of aromatic nitrogens is 1. The summed E-state index contributed by atoms with van der Waals surface area (Å²) in [5, 5.41) is 16.9. The Kier molecular flexibility index (Phi) is 6.41. The molecule has 0 atom stereocenters. The van der Waals surface area contributed by atoms with Crippen molar-refractivity contribution >= 4 is 50.7 Å². The van der Waals surface area contributed by atoms with Crippen molar-refractivity contribution in [1.82, 2.24) is 9.58 Å². The summed E-state index contributed by atoms with van der Waals surface area (Å²) in [4.78, 5) is 17.0. The molecule has 8 nitrogen and oxygen atoms in total. The molecule has 1 N–H and O–H groups in total. The van der Waals surface area contributed by atoms with Gasteiger partial charge in [-0.3, -0.25) is 10.2 Å². The third-order valence-electron chi connectivity index (χ3n) is 5.74. The SMILES string of the molecule is CCCC1=NN2C(=N)/C(=C\c3cn(CCOc4ccccc4OC)c4ccccc34)C(=O)N=C2S1. The molecule has 2 aromatic carbocycles. The number of nitrogens with zero attached hydrogens (tertiary/aromatic N) is 4. The van der Waals surface area contributed by atoms with E-state index >= 15 is 0 Å². The first kappa shape index (κ1) is 22.9. The highest BCUT2D eigenvalue weighted by atomic mass is 32.2. The van der Waals surface area contributed by atoms with Crippen LogP contribution in [0.2, 0.25) is 0 Å². The summed E-state index contributed by atoms with van der Waals surface area (Å²) >= 11 is 1.36. The number of para-hydroxylation sites is 3. The van der Waals surface area contributed by atoms with Gasteiger partial charge in [0.1, 0.15) is 11.7 Å². The van der Waals surface area contributed by atoms with Crippen LogP contribution in [0.15, 0.2) is 70.4 Å². The Morgan fingerprint density at radius 1 is 1.11 bits per heavy atom. The number of nitrogens with one attached hydrogen (secondary N) is 1. The van der Waals surface area contributed by atoms with Crippen molar-refractivity contribution in [3.05, 3.63) is 65.9 Å². The van der Waals surface area contributed by atoms with Crippen LogP contribution in [-0.4, -0.2) is 45.2 Å². The molecular formula is C26H25N5O3S. The number of thioether (sulfide) groups is 1. The van der Waals surface area contributed by atoms with Gasteiger partial charge < -0.3 is 14.0 Å². The van der Waals surface area contributed by atoms with Gasteiger partial charge in [0.2, 0.25) is 5.17 Å². The molecule has 0 saturated heterocycles. The molecule has 1 amide bonds. The van der Waals surface area contributed by atoms with Crippen LogP contribution < -0.4 is 9.47 Å². The minimum Gasteiger partial charge on any atom is -0.493 e. The highest BCUT2D eigenvalue weighted by Gasteiger charge is 2.35. The molecule has 35 heavy (non-hydrogen) atoms. The number of amides is 1. The Bertz CT molecular complexity index is 1400. The van der Waals surface area contributed by atoms with E-state index in [-0.39, 0.29) is 11.4 Å². The van der Waals surface area contributed by atoms with Gasteiger partial charge in [-0.15, -0.1) is 0 Å². The smallest absolute Gasteiger partial charge is 0.283 e. The summed E-state index contributed by atoms with van der Waals surface area (Å²) in [6.45, 7) is 3.11. The molecular weight excluding hydrogens is 462 g/mol. The van der Waals surface area contributed by atoms with Crippen LogP contribution in [-0.2, 0) is 11.3 Å². The number of hydrogen-bond acceptors (Lipinski definition) is 6. The fourth-order valence-corrected chi connectivity index (χ4v) is 5.06. The number of benzene rings is 2. The maximum absolute atomic E-state index is 12.8. The van der Waals surface area contributed by atoms with E-state index in [4.69, 9.17) is 14.9 Å². The predicted molar refractivity (Wildman–Crippen MR) is 140 cm³/mol. The Labute approximate surface area is 207 Å². The Hall–Kier alpha value is -3.85. The third kappa shape index (κ3) is 4.46. The monoisotopic (exact) mass is 487 g/mol. The number of hydrogen-bond donors (Lipinski definition) is 1. The second-order valence-electron chi connectivity index (χ2n) is 8.06.